The summed E-state index contributed by atoms with van der Waals surface area (Å²) in [6, 6.07) is 6.11. The van der Waals surface area contributed by atoms with Crippen LogP contribution < -0.4 is 4.90 Å². The predicted octanol–water partition coefficient (Wildman–Crippen LogP) is 1.66. The highest BCUT2D eigenvalue weighted by molar-refractivity contribution is 5.79. The van der Waals surface area contributed by atoms with Gasteiger partial charge in [0.05, 0.1) is 13.7 Å². The van der Waals surface area contributed by atoms with E-state index in [1.54, 1.807) is 0 Å². The largest absolute Gasteiger partial charge is 0.467 e. The molecule has 1 N–H and O–H groups in total. The lowest BCUT2D eigenvalue weighted by Crippen LogP contribution is -2.46. The Balaban J connectivity index is 2.88. The first kappa shape index (κ1) is 14.5. The Morgan fingerprint density at radius 1 is 1.33 bits per heavy atom. The summed E-state index contributed by atoms with van der Waals surface area (Å²) in [6.45, 7) is 5.67. The van der Waals surface area contributed by atoms with E-state index in [-0.39, 0.29) is 6.54 Å². The van der Waals surface area contributed by atoms with E-state index in [0.717, 1.165) is 16.8 Å². The van der Waals surface area contributed by atoms with E-state index in [1.165, 1.54) is 14.0 Å². The van der Waals surface area contributed by atoms with Crippen LogP contribution in [0.25, 0.3) is 0 Å². The summed E-state index contributed by atoms with van der Waals surface area (Å²) in [7, 11) is 3.11. The number of anilines is 1. The molecule has 0 spiro atoms. The molecule has 0 aliphatic carbocycles. The van der Waals surface area contributed by atoms with Gasteiger partial charge in [-0.3, -0.25) is 0 Å². The highest BCUT2D eigenvalue weighted by atomic mass is 16.5. The first-order valence-corrected chi connectivity index (χ1v) is 5.86. The van der Waals surface area contributed by atoms with Crippen LogP contribution in [0.1, 0.15) is 18.1 Å². The van der Waals surface area contributed by atoms with Gasteiger partial charge in [0.2, 0.25) is 0 Å². The Morgan fingerprint density at radius 2 is 1.83 bits per heavy atom. The van der Waals surface area contributed by atoms with Gasteiger partial charge in [0.25, 0.3) is 0 Å². The van der Waals surface area contributed by atoms with Crippen LogP contribution in [-0.4, -0.2) is 37.4 Å². The molecule has 4 heteroatoms. The molecule has 0 saturated heterocycles. The molecule has 0 saturated carbocycles. The van der Waals surface area contributed by atoms with Crippen LogP contribution in [-0.2, 0) is 9.53 Å². The van der Waals surface area contributed by atoms with E-state index in [4.69, 9.17) is 0 Å². The molecule has 1 atom stereocenters. The lowest BCUT2D eigenvalue weighted by molar-refractivity contribution is -0.159. The van der Waals surface area contributed by atoms with Crippen molar-refractivity contribution in [2.24, 2.45) is 0 Å². The second-order valence-electron chi connectivity index (χ2n) is 4.97. The van der Waals surface area contributed by atoms with Crippen molar-refractivity contribution in [1.29, 1.82) is 0 Å². The summed E-state index contributed by atoms with van der Waals surface area (Å²) in [4.78, 5) is 13.3. The number of ether oxygens (including phenoxy) is 1. The van der Waals surface area contributed by atoms with Crippen molar-refractivity contribution in [3.63, 3.8) is 0 Å². The van der Waals surface area contributed by atoms with Crippen LogP contribution in [0.4, 0.5) is 5.69 Å². The standard InChI is InChI=1S/C14H21NO3/c1-10-6-11(2)8-12(7-10)15(4)9-14(3,17)13(16)18-5/h6-8,17H,9H2,1-5H3. The fourth-order valence-electron chi connectivity index (χ4n) is 2.01. The Kier molecular flexibility index (Phi) is 4.35. The molecule has 4 nitrogen and oxygen atoms in total. The Morgan fingerprint density at radius 3 is 2.28 bits per heavy atom. The maximum atomic E-state index is 11.4. The van der Waals surface area contributed by atoms with Crippen molar-refractivity contribution in [3.05, 3.63) is 29.3 Å². The van der Waals surface area contributed by atoms with E-state index in [1.807, 2.05) is 37.9 Å². The SMILES string of the molecule is COC(=O)C(C)(O)CN(C)c1cc(C)cc(C)c1. The quantitative estimate of drug-likeness (QED) is 0.827. The molecule has 0 bridgehead atoms. The zero-order valence-electron chi connectivity index (χ0n) is 11.7. The van der Waals surface area contributed by atoms with E-state index < -0.39 is 11.6 Å². The third-order valence-electron chi connectivity index (χ3n) is 2.82. The fourth-order valence-corrected chi connectivity index (χ4v) is 2.01. The molecule has 0 aliphatic rings. The van der Waals surface area contributed by atoms with Crippen LogP contribution in [0, 0.1) is 13.8 Å². The van der Waals surface area contributed by atoms with Crippen molar-refractivity contribution in [1.82, 2.24) is 0 Å². The lowest BCUT2D eigenvalue weighted by atomic mass is 10.1. The molecular formula is C14H21NO3. The van der Waals surface area contributed by atoms with Crippen LogP contribution >= 0.6 is 0 Å². The lowest BCUT2D eigenvalue weighted by Gasteiger charge is -2.28. The average Bonchev–Trinajstić information content (AvgIpc) is 2.25. The van der Waals surface area contributed by atoms with Gasteiger partial charge in [0, 0.05) is 12.7 Å². The maximum Gasteiger partial charge on any atom is 0.339 e. The highest BCUT2D eigenvalue weighted by Crippen LogP contribution is 2.20. The zero-order chi connectivity index (χ0) is 13.9. The van der Waals surface area contributed by atoms with Gasteiger partial charge in [-0.2, -0.15) is 0 Å². The molecule has 0 radical (unpaired) electrons. The van der Waals surface area contributed by atoms with Crippen molar-refractivity contribution < 1.29 is 14.6 Å². The normalized spacial score (nSPS) is 13.9. The second-order valence-corrected chi connectivity index (χ2v) is 4.97. The minimum Gasteiger partial charge on any atom is -0.467 e. The van der Waals surface area contributed by atoms with Crippen molar-refractivity contribution in [3.8, 4) is 0 Å². The predicted molar refractivity (Wildman–Crippen MR) is 71.8 cm³/mol. The van der Waals surface area contributed by atoms with Gasteiger partial charge in [-0.25, -0.2) is 4.79 Å². The fraction of sp³-hybridized carbons (Fsp3) is 0.500. The average molecular weight is 251 g/mol. The number of benzene rings is 1. The van der Waals surface area contributed by atoms with Gasteiger partial charge in [0.15, 0.2) is 5.60 Å². The number of hydrogen-bond donors (Lipinski definition) is 1. The van der Waals surface area contributed by atoms with E-state index in [0.29, 0.717) is 0 Å². The summed E-state index contributed by atoms with van der Waals surface area (Å²) < 4.78 is 4.58. The van der Waals surface area contributed by atoms with Crippen LogP contribution in [0.3, 0.4) is 0 Å². The molecule has 100 valence electrons. The van der Waals surface area contributed by atoms with E-state index >= 15 is 0 Å². The molecule has 1 aromatic rings. The summed E-state index contributed by atoms with van der Waals surface area (Å²) in [6.07, 6.45) is 0. The number of carbonyl (C=O) groups excluding carboxylic acids is 1. The monoisotopic (exact) mass is 251 g/mol. The van der Waals surface area contributed by atoms with E-state index in [2.05, 4.69) is 10.8 Å². The molecule has 0 fully saturated rings. The Hall–Kier alpha value is -1.55. The van der Waals surface area contributed by atoms with Gasteiger partial charge in [-0.15, -0.1) is 0 Å². The van der Waals surface area contributed by atoms with Crippen LogP contribution in [0.2, 0.25) is 0 Å². The van der Waals surface area contributed by atoms with E-state index in [9.17, 15) is 9.90 Å². The molecular weight excluding hydrogens is 230 g/mol. The smallest absolute Gasteiger partial charge is 0.339 e. The van der Waals surface area contributed by atoms with Crippen molar-refractivity contribution in [2.45, 2.75) is 26.4 Å². The summed E-state index contributed by atoms with van der Waals surface area (Å²) in [5.74, 6) is -0.626. The van der Waals surface area contributed by atoms with Crippen LogP contribution in [0.5, 0.6) is 0 Å². The molecule has 0 aliphatic heterocycles. The zero-order valence-corrected chi connectivity index (χ0v) is 11.7. The number of aryl methyl sites for hydroxylation is 2. The van der Waals surface area contributed by atoms with Crippen LogP contribution in [0.15, 0.2) is 18.2 Å². The summed E-state index contributed by atoms with van der Waals surface area (Å²) >= 11 is 0. The minimum absolute atomic E-state index is 0.183. The van der Waals surface area contributed by atoms with Gasteiger partial charge in [0.1, 0.15) is 0 Å². The first-order valence-electron chi connectivity index (χ1n) is 5.86. The molecule has 0 heterocycles. The highest BCUT2D eigenvalue weighted by Gasteiger charge is 2.33. The van der Waals surface area contributed by atoms with Gasteiger partial charge < -0.3 is 14.7 Å². The van der Waals surface area contributed by atoms with Gasteiger partial charge in [-0.05, 0) is 44.0 Å². The number of aliphatic hydroxyl groups is 1. The maximum absolute atomic E-state index is 11.4. The topological polar surface area (TPSA) is 49.8 Å². The first-order chi connectivity index (χ1) is 8.26. The summed E-state index contributed by atoms with van der Waals surface area (Å²) in [5.41, 5.74) is 1.75. The molecule has 18 heavy (non-hydrogen) atoms. The molecule has 1 aromatic carbocycles. The number of methoxy groups -OCH3 is 1. The molecule has 1 rings (SSSR count). The summed E-state index contributed by atoms with van der Waals surface area (Å²) in [5, 5.41) is 10.0. The van der Waals surface area contributed by atoms with Crippen molar-refractivity contribution >= 4 is 11.7 Å². The number of nitrogens with zero attached hydrogens (tertiary/aromatic N) is 1. The third kappa shape index (κ3) is 3.47. The molecule has 1 unspecified atom stereocenters. The number of likely N-dealkylation sites (N-methyl/N-ethyl adjacent to an activating group) is 1. The number of hydrogen-bond acceptors (Lipinski definition) is 4. The molecule has 0 aromatic heterocycles. The Labute approximate surface area is 108 Å². The number of carbonyl (C=O) groups is 1. The number of rotatable bonds is 4. The minimum atomic E-state index is -1.51. The second kappa shape index (κ2) is 5.40. The Bertz CT molecular complexity index is 420. The van der Waals surface area contributed by atoms with Crippen molar-refractivity contribution in [2.75, 3.05) is 25.6 Å². The van der Waals surface area contributed by atoms with Gasteiger partial charge >= 0.3 is 5.97 Å². The van der Waals surface area contributed by atoms with Gasteiger partial charge in [-0.1, -0.05) is 6.07 Å². The third-order valence-corrected chi connectivity index (χ3v) is 2.82. The molecule has 0 amide bonds. The number of esters is 1.